The largest absolute Gasteiger partial charge is 0.319 e. The third kappa shape index (κ3) is 4.70. The van der Waals surface area contributed by atoms with Crippen LogP contribution in [0.15, 0.2) is 76.1 Å². The molecule has 0 spiro atoms. The standard InChI is InChI=1S/C19H13BrClFN2O3S/c20-15-3-1-2-4-17(15)24-28(26,27)14-9-10-18(16(22)11-14)23-19(25)12-5-7-13(21)8-6-12/h1-11,24H,(H,23,25). The van der Waals surface area contributed by atoms with E-state index in [0.717, 1.165) is 6.07 Å². The van der Waals surface area contributed by atoms with Gasteiger partial charge in [0.2, 0.25) is 0 Å². The highest BCUT2D eigenvalue weighted by Crippen LogP contribution is 2.26. The smallest absolute Gasteiger partial charge is 0.262 e. The minimum Gasteiger partial charge on any atom is -0.319 e. The summed E-state index contributed by atoms with van der Waals surface area (Å²) in [4.78, 5) is 11.9. The fraction of sp³-hybridized carbons (Fsp3) is 0. The zero-order valence-corrected chi connectivity index (χ0v) is 17.3. The van der Waals surface area contributed by atoms with Crippen molar-refractivity contribution < 1.29 is 17.6 Å². The SMILES string of the molecule is O=C(Nc1ccc(S(=O)(=O)Nc2ccccc2Br)cc1F)c1ccc(Cl)cc1. The van der Waals surface area contributed by atoms with Gasteiger partial charge in [-0.25, -0.2) is 12.8 Å². The van der Waals surface area contributed by atoms with Gasteiger partial charge in [-0.05, 0) is 70.5 Å². The minimum absolute atomic E-state index is 0.139. The Morgan fingerprint density at radius 1 is 0.964 bits per heavy atom. The number of rotatable bonds is 5. The molecule has 0 unspecified atom stereocenters. The molecule has 0 radical (unpaired) electrons. The van der Waals surface area contributed by atoms with Gasteiger partial charge in [0, 0.05) is 15.1 Å². The van der Waals surface area contributed by atoms with E-state index in [1.807, 2.05) is 0 Å². The summed E-state index contributed by atoms with van der Waals surface area (Å²) in [6.45, 7) is 0. The zero-order valence-electron chi connectivity index (χ0n) is 14.1. The first-order chi connectivity index (χ1) is 13.3. The fourth-order valence-corrected chi connectivity index (χ4v) is 4.04. The van der Waals surface area contributed by atoms with Gasteiger partial charge < -0.3 is 5.32 Å². The number of nitrogens with one attached hydrogen (secondary N) is 2. The molecule has 3 aromatic carbocycles. The Bertz CT molecular complexity index is 1140. The Balaban J connectivity index is 1.80. The van der Waals surface area contributed by atoms with Crippen molar-refractivity contribution in [3.8, 4) is 0 Å². The van der Waals surface area contributed by atoms with Crippen molar-refractivity contribution in [1.29, 1.82) is 0 Å². The lowest BCUT2D eigenvalue weighted by Gasteiger charge is -2.11. The van der Waals surface area contributed by atoms with Crippen LogP contribution in [-0.4, -0.2) is 14.3 Å². The molecule has 0 aliphatic carbocycles. The van der Waals surface area contributed by atoms with E-state index in [2.05, 4.69) is 26.0 Å². The van der Waals surface area contributed by atoms with Crippen molar-refractivity contribution in [3.63, 3.8) is 0 Å². The number of carbonyl (C=O) groups is 1. The Kier molecular flexibility index (Phi) is 6.02. The van der Waals surface area contributed by atoms with Gasteiger partial charge in [-0.3, -0.25) is 9.52 Å². The van der Waals surface area contributed by atoms with Gasteiger partial charge in [0.15, 0.2) is 0 Å². The number of carbonyl (C=O) groups excluding carboxylic acids is 1. The highest BCUT2D eigenvalue weighted by atomic mass is 79.9. The third-order valence-electron chi connectivity index (χ3n) is 3.72. The monoisotopic (exact) mass is 482 g/mol. The Morgan fingerprint density at radius 2 is 1.64 bits per heavy atom. The zero-order chi connectivity index (χ0) is 20.3. The van der Waals surface area contributed by atoms with Gasteiger partial charge in [0.1, 0.15) is 5.82 Å². The van der Waals surface area contributed by atoms with E-state index in [1.54, 1.807) is 24.3 Å². The van der Waals surface area contributed by atoms with Crippen LogP contribution in [0.4, 0.5) is 15.8 Å². The molecule has 2 N–H and O–H groups in total. The van der Waals surface area contributed by atoms with Crippen LogP contribution < -0.4 is 10.0 Å². The van der Waals surface area contributed by atoms with Gasteiger partial charge in [0.25, 0.3) is 15.9 Å². The van der Waals surface area contributed by atoms with E-state index >= 15 is 0 Å². The molecular formula is C19H13BrClFN2O3S. The van der Waals surface area contributed by atoms with Crippen LogP contribution in [0, 0.1) is 5.82 Å². The molecule has 5 nitrogen and oxygen atoms in total. The maximum absolute atomic E-state index is 14.4. The van der Waals surface area contributed by atoms with Gasteiger partial charge in [-0.1, -0.05) is 23.7 Å². The summed E-state index contributed by atoms with van der Waals surface area (Å²) in [7, 11) is -4.01. The third-order valence-corrected chi connectivity index (χ3v) is 6.03. The van der Waals surface area contributed by atoms with Crippen LogP contribution in [0.5, 0.6) is 0 Å². The average Bonchev–Trinajstić information content (AvgIpc) is 2.65. The van der Waals surface area contributed by atoms with E-state index in [0.29, 0.717) is 15.2 Å². The van der Waals surface area contributed by atoms with Gasteiger partial charge in [-0.2, -0.15) is 0 Å². The van der Waals surface area contributed by atoms with Crippen molar-refractivity contribution in [1.82, 2.24) is 0 Å². The number of halogens is 3. The Hall–Kier alpha value is -2.42. The first-order valence-electron chi connectivity index (χ1n) is 7.90. The summed E-state index contributed by atoms with van der Waals surface area (Å²) < 4.78 is 42.3. The molecule has 1 amide bonds. The number of para-hydroxylation sites is 1. The second kappa shape index (κ2) is 8.30. The molecule has 3 aromatic rings. The van der Waals surface area contributed by atoms with Crippen molar-refractivity contribution in [2.75, 3.05) is 10.0 Å². The van der Waals surface area contributed by atoms with Crippen LogP contribution in [0.2, 0.25) is 5.02 Å². The lowest BCUT2D eigenvalue weighted by Crippen LogP contribution is -2.15. The van der Waals surface area contributed by atoms with Crippen LogP contribution in [0.25, 0.3) is 0 Å². The van der Waals surface area contributed by atoms with Crippen LogP contribution in [0.1, 0.15) is 10.4 Å². The molecular weight excluding hydrogens is 471 g/mol. The molecule has 0 fully saturated rings. The molecule has 0 saturated heterocycles. The first-order valence-corrected chi connectivity index (χ1v) is 10.6. The number of sulfonamides is 1. The van der Waals surface area contributed by atoms with E-state index in [1.165, 1.54) is 36.4 Å². The Labute approximate surface area is 174 Å². The molecule has 0 heterocycles. The average molecular weight is 484 g/mol. The van der Waals surface area contributed by atoms with E-state index in [4.69, 9.17) is 11.6 Å². The normalized spacial score (nSPS) is 11.1. The van der Waals surface area contributed by atoms with E-state index in [9.17, 15) is 17.6 Å². The predicted molar refractivity (Wildman–Crippen MR) is 111 cm³/mol. The lowest BCUT2D eigenvalue weighted by molar-refractivity contribution is 0.102. The van der Waals surface area contributed by atoms with E-state index < -0.39 is 21.7 Å². The maximum atomic E-state index is 14.4. The number of hydrogen-bond acceptors (Lipinski definition) is 3. The number of benzene rings is 3. The molecule has 144 valence electrons. The van der Waals surface area contributed by atoms with Crippen LogP contribution in [-0.2, 0) is 10.0 Å². The van der Waals surface area contributed by atoms with Crippen molar-refractivity contribution in [3.05, 3.63) is 87.6 Å². The fourth-order valence-electron chi connectivity index (χ4n) is 2.31. The Morgan fingerprint density at radius 3 is 2.29 bits per heavy atom. The molecule has 0 aliphatic heterocycles. The summed E-state index contributed by atoms with van der Waals surface area (Å²) in [5, 5.41) is 2.87. The van der Waals surface area contributed by atoms with Gasteiger partial charge in [-0.15, -0.1) is 0 Å². The predicted octanol–water partition coefficient (Wildman–Crippen LogP) is 5.29. The van der Waals surface area contributed by atoms with Crippen LogP contribution in [0.3, 0.4) is 0 Å². The van der Waals surface area contributed by atoms with Gasteiger partial charge >= 0.3 is 0 Å². The summed E-state index contributed by atoms with van der Waals surface area (Å²) in [5.41, 5.74) is 0.471. The molecule has 0 aromatic heterocycles. The van der Waals surface area contributed by atoms with Crippen LogP contribution >= 0.6 is 27.5 Å². The summed E-state index contributed by atoms with van der Waals surface area (Å²) in [5.74, 6) is -1.42. The van der Waals surface area contributed by atoms with Crippen molar-refractivity contribution >= 4 is 54.8 Å². The van der Waals surface area contributed by atoms with E-state index in [-0.39, 0.29) is 16.1 Å². The summed E-state index contributed by atoms with van der Waals surface area (Å²) in [6, 6.07) is 16.0. The second-order valence-corrected chi connectivity index (χ2v) is 8.66. The van der Waals surface area contributed by atoms with Gasteiger partial charge in [0.05, 0.1) is 16.3 Å². The van der Waals surface area contributed by atoms with Crippen molar-refractivity contribution in [2.45, 2.75) is 4.90 Å². The number of anilines is 2. The topological polar surface area (TPSA) is 75.3 Å². The highest BCUT2D eigenvalue weighted by Gasteiger charge is 2.18. The molecule has 0 saturated carbocycles. The summed E-state index contributed by atoms with van der Waals surface area (Å²) in [6.07, 6.45) is 0. The van der Waals surface area contributed by atoms with Crippen molar-refractivity contribution in [2.24, 2.45) is 0 Å². The number of amides is 1. The molecule has 28 heavy (non-hydrogen) atoms. The molecule has 3 rings (SSSR count). The number of hydrogen-bond donors (Lipinski definition) is 2. The molecule has 0 atom stereocenters. The highest BCUT2D eigenvalue weighted by molar-refractivity contribution is 9.10. The molecule has 0 aliphatic rings. The molecule has 0 bridgehead atoms. The second-order valence-electron chi connectivity index (χ2n) is 5.69. The quantitative estimate of drug-likeness (QED) is 0.517. The first kappa shape index (κ1) is 20.3. The lowest BCUT2D eigenvalue weighted by atomic mass is 10.2. The maximum Gasteiger partial charge on any atom is 0.262 e. The minimum atomic E-state index is -4.01. The summed E-state index contributed by atoms with van der Waals surface area (Å²) >= 11 is 9.02. The molecule has 9 heteroatoms.